The molecule has 92 valence electrons. The summed E-state index contributed by atoms with van der Waals surface area (Å²) in [7, 11) is 0. The number of hydrogen-bond donors (Lipinski definition) is 1. The fourth-order valence-electron chi connectivity index (χ4n) is 1.88. The van der Waals surface area contributed by atoms with Gasteiger partial charge in [0.2, 0.25) is 5.75 Å². The van der Waals surface area contributed by atoms with Crippen molar-refractivity contribution >= 4 is 5.82 Å². The van der Waals surface area contributed by atoms with E-state index in [4.69, 9.17) is 10.5 Å². The smallest absolute Gasteiger partial charge is 0.406 e. The van der Waals surface area contributed by atoms with Crippen LogP contribution in [0.15, 0.2) is 18.3 Å². The van der Waals surface area contributed by atoms with E-state index >= 15 is 0 Å². The van der Waals surface area contributed by atoms with Crippen molar-refractivity contribution < 1.29 is 9.66 Å². The number of pyridine rings is 1. The Bertz CT molecular complexity index is 447. The molecule has 2 unspecified atom stereocenters. The summed E-state index contributed by atoms with van der Waals surface area (Å²) in [6, 6.07) is 3.25. The van der Waals surface area contributed by atoms with Crippen LogP contribution in [0.2, 0.25) is 0 Å². The molecule has 6 heteroatoms. The van der Waals surface area contributed by atoms with E-state index in [0.29, 0.717) is 6.42 Å². The summed E-state index contributed by atoms with van der Waals surface area (Å²) in [5.41, 5.74) is 5.71. The van der Waals surface area contributed by atoms with Crippen molar-refractivity contribution in [2.75, 3.05) is 0 Å². The minimum Gasteiger partial charge on any atom is -0.482 e. The van der Waals surface area contributed by atoms with Gasteiger partial charge in [-0.25, -0.2) is 0 Å². The van der Waals surface area contributed by atoms with Crippen LogP contribution in [-0.2, 0) is 0 Å². The molecule has 1 aromatic heterocycles. The minimum absolute atomic E-state index is 0.0724. The molecule has 0 saturated heterocycles. The molecule has 1 aromatic rings. The lowest BCUT2D eigenvalue weighted by Crippen LogP contribution is -2.60. The van der Waals surface area contributed by atoms with E-state index in [9.17, 15) is 10.1 Å². The first-order valence-corrected chi connectivity index (χ1v) is 5.44. The molecule has 1 saturated carbocycles. The van der Waals surface area contributed by atoms with Gasteiger partial charge in [0.1, 0.15) is 12.3 Å². The van der Waals surface area contributed by atoms with Crippen LogP contribution in [0.25, 0.3) is 0 Å². The first-order valence-electron chi connectivity index (χ1n) is 5.44. The number of rotatable bonds is 3. The SMILES string of the molecule is CC1(C)C(N)CC1Oc1cccnc1[N+](=O)[O-]. The van der Waals surface area contributed by atoms with E-state index in [0.717, 1.165) is 0 Å². The second-order valence-electron chi connectivity index (χ2n) is 4.85. The van der Waals surface area contributed by atoms with Gasteiger partial charge in [-0.05, 0) is 22.0 Å². The molecule has 6 nitrogen and oxygen atoms in total. The third-order valence-electron chi connectivity index (χ3n) is 3.45. The second kappa shape index (κ2) is 3.96. The molecule has 2 rings (SSSR count). The van der Waals surface area contributed by atoms with Gasteiger partial charge in [-0.3, -0.25) is 0 Å². The Labute approximate surface area is 98.9 Å². The molecule has 1 heterocycles. The molecule has 2 N–H and O–H groups in total. The summed E-state index contributed by atoms with van der Waals surface area (Å²) < 4.78 is 5.64. The monoisotopic (exact) mass is 237 g/mol. The van der Waals surface area contributed by atoms with Gasteiger partial charge in [-0.2, -0.15) is 0 Å². The molecule has 1 fully saturated rings. The summed E-state index contributed by atoms with van der Waals surface area (Å²) in [5, 5.41) is 10.8. The Hall–Kier alpha value is -1.69. The summed E-state index contributed by atoms with van der Waals surface area (Å²) in [6.07, 6.45) is 1.99. The van der Waals surface area contributed by atoms with E-state index in [-0.39, 0.29) is 29.1 Å². The maximum absolute atomic E-state index is 10.8. The van der Waals surface area contributed by atoms with Crippen LogP contribution in [0.3, 0.4) is 0 Å². The van der Waals surface area contributed by atoms with Crippen LogP contribution >= 0.6 is 0 Å². The number of aromatic nitrogens is 1. The van der Waals surface area contributed by atoms with E-state index in [2.05, 4.69) is 4.98 Å². The predicted octanol–water partition coefficient (Wildman–Crippen LogP) is 1.49. The number of nitrogens with zero attached hydrogens (tertiary/aromatic N) is 2. The van der Waals surface area contributed by atoms with E-state index in [1.165, 1.54) is 6.20 Å². The molecule has 0 amide bonds. The summed E-state index contributed by atoms with van der Waals surface area (Å²) >= 11 is 0. The summed E-state index contributed by atoms with van der Waals surface area (Å²) in [6.45, 7) is 3.99. The van der Waals surface area contributed by atoms with Crippen LogP contribution in [0.4, 0.5) is 5.82 Å². The van der Waals surface area contributed by atoms with Crippen LogP contribution < -0.4 is 10.5 Å². The zero-order chi connectivity index (χ0) is 12.6. The number of hydrogen-bond acceptors (Lipinski definition) is 5. The van der Waals surface area contributed by atoms with E-state index in [1.54, 1.807) is 12.1 Å². The Kier molecular flexibility index (Phi) is 2.74. The molecule has 0 aliphatic heterocycles. The number of nitro groups is 1. The average Bonchev–Trinajstić information content (AvgIpc) is 2.29. The highest BCUT2D eigenvalue weighted by molar-refractivity contribution is 5.39. The van der Waals surface area contributed by atoms with E-state index < -0.39 is 4.92 Å². The van der Waals surface area contributed by atoms with Crippen LogP contribution in [-0.4, -0.2) is 22.1 Å². The molecule has 0 aromatic carbocycles. The highest BCUT2D eigenvalue weighted by Crippen LogP contribution is 2.42. The third kappa shape index (κ3) is 1.95. The summed E-state index contributed by atoms with van der Waals surface area (Å²) in [5.74, 6) is -0.0359. The first kappa shape index (κ1) is 11.8. The fourth-order valence-corrected chi connectivity index (χ4v) is 1.88. The van der Waals surface area contributed by atoms with Crippen molar-refractivity contribution in [1.29, 1.82) is 0 Å². The van der Waals surface area contributed by atoms with Gasteiger partial charge in [-0.15, -0.1) is 0 Å². The zero-order valence-electron chi connectivity index (χ0n) is 9.79. The third-order valence-corrected chi connectivity index (χ3v) is 3.45. The van der Waals surface area contributed by atoms with Crippen LogP contribution in [0, 0.1) is 15.5 Å². The molecule has 17 heavy (non-hydrogen) atoms. The quantitative estimate of drug-likeness (QED) is 0.635. The van der Waals surface area contributed by atoms with Gasteiger partial charge in [-0.1, -0.05) is 13.8 Å². The van der Waals surface area contributed by atoms with Gasteiger partial charge < -0.3 is 20.6 Å². The molecule has 2 atom stereocenters. The van der Waals surface area contributed by atoms with Gasteiger partial charge in [0, 0.05) is 17.9 Å². The highest BCUT2D eigenvalue weighted by atomic mass is 16.6. The van der Waals surface area contributed by atoms with Gasteiger partial charge >= 0.3 is 5.82 Å². The Morgan fingerprint density at radius 2 is 2.35 bits per heavy atom. The minimum atomic E-state index is -0.541. The van der Waals surface area contributed by atoms with Gasteiger partial charge in [0.15, 0.2) is 0 Å². The van der Waals surface area contributed by atoms with Crippen LogP contribution in [0.1, 0.15) is 20.3 Å². The molecule has 0 spiro atoms. The Balaban J connectivity index is 2.18. The molecular formula is C11H15N3O3. The topological polar surface area (TPSA) is 91.3 Å². The fraction of sp³-hybridized carbons (Fsp3) is 0.545. The molecule has 1 aliphatic carbocycles. The van der Waals surface area contributed by atoms with E-state index in [1.807, 2.05) is 13.8 Å². The van der Waals surface area contributed by atoms with Crippen molar-refractivity contribution in [2.24, 2.45) is 11.1 Å². The van der Waals surface area contributed by atoms with Crippen molar-refractivity contribution in [3.05, 3.63) is 28.4 Å². The molecular weight excluding hydrogens is 222 g/mol. The molecule has 0 radical (unpaired) electrons. The summed E-state index contributed by atoms with van der Waals surface area (Å²) in [4.78, 5) is 13.9. The van der Waals surface area contributed by atoms with Crippen molar-refractivity contribution in [1.82, 2.24) is 4.98 Å². The standard InChI is InChI=1S/C11H15N3O3/c1-11(2)8(12)6-9(11)17-7-4-3-5-13-10(7)14(15)16/h3-5,8-9H,6,12H2,1-2H3. The highest BCUT2D eigenvalue weighted by Gasteiger charge is 2.48. The van der Waals surface area contributed by atoms with Crippen molar-refractivity contribution in [3.8, 4) is 5.75 Å². The average molecular weight is 237 g/mol. The largest absolute Gasteiger partial charge is 0.482 e. The Morgan fingerprint density at radius 3 is 2.88 bits per heavy atom. The Morgan fingerprint density at radius 1 is 1.65 bits per heavy atom. The van der Waals surface area contributed by atoms with Gasteiger partial charge in [0.25, 0.3) is 0 Å². The van der Waals surface area contributed by atoms with Crippen LogP contribution in [0.5, 0.6) is 5.75 Å². The molecule has 0 bridgehead atoms. The lowest BCUT2D eigenvalue weighted by molar-refractivity contribution is -0.391. The lowest BCUT2D eigenvalue weighted by atomic mass is 9.65. The van der Waals surface area contributed by atoms with Crippen molar-refractivity contribution in [3.63, 3.8) is 0 Å². The maximum atomic E-state index is 10.8. The zero-order valence-corrected chi connectivity index (χ0v) is 9.79. The van der Waals surface area contributed by atoms with Crippen molar-refractivity contribution in [2.45, 2.75) is 32.4 Å². The normalized spacial score (nSPS) is 26.1. The maximum Gasteiger partial charge on any atom is 0.406 e. The lowest BCUT2D eigenvalue weighted by Gasteiger charge is -2.49. The molecule has 1 aliphatic rings. The number of nitrogens with two attached hydrogens (primary N) is 1. The predicted molar refractivity (Wildman–Crippen MR) is 61.7 cm³/mol. The second-order valence-corrected chi connectivity index (χ2v) is 4.85. The number of ether oxygens (including phenoxy) is 1. The first-order chi connectivity index (χ1) is 7.93. The van der Waals surface area contributed by atoms with Gasteiger partial charge in [0.05, 0.1) is 0 Å².